The Morgan fingerprint density at radius 3 is 2.39 bits per heavy atom. The van der Waals surface area contributed by atoms with E-state index in [0.717, 1.165) is 57.2 Å². The Bertz CT molecular complexity index is 1390. The number of hydrogen-bond acceptors (Lipinski definition) is 5. The lowest BCUT2D eigenvalue weighted by Crippen LogP contribution is -2.33. The molecule has 1 aliphatic rings. The van der Waals surface area contributed by atoms with Crippen LogP contribution in [-0.4, -0.2) is 44.0 Å². The molecule has 36 heavy (non-hydrogen) atoms. The van der Waals surface area contributed by atoms with Gasteiger partial charge in [0.2, 0.25) is 0 Å². The van der Waals surface area contributed by atoms with Gasteiger partial charge in [-0.3, -0.25) is 9.69 Å². The van der Waals surface area contributed by atoms with Gasteiger partial charge >= 0.3 is 0 Å². The largest absolute Gasteiger partial charge is 0.497 e. The van der Waals surface area contributed by atoms with Crippen molar-refractivity contribution >= 4 is 27.2 Å². The Morgan fingerprint density at radius 2 is 1.69 bits per heavy atom. The summed E-state index contributed by atoms with van der Waals surface area (Å²) in [6.07, 6.45) is 9.51. The third-order valence-corrected chi connectivity index (χ3v) is 7.88. The Hall–Kier alpha value is -3.59. The zero-order chi connectivity index (χ0) is 24.9. The number of terminal acetylenes is 1. The van der Waals surface area contributed by atoms with E-state index in [1.54, 1.807) is 18.4 Å². The second-order valence-corrected chi connectivity index (χ2v) is 10.0. The highest BCUT2D eigenvalue weighted by atomic mass is 32.1. The number of carbonyl (C=O) groups is 1. The fourth-order valence-electron chi connectivity index (χ4n) is 4.68. The second-order valence-electron chi connectivity index (χ2n) is 8.99. The molecule has 182 valence electrons. The molecule has 0 bridgehead atoms. The van der Waals surface area contributed by atoms with E-state index >= 15 is 0 Å². The molecule has 1 aromatic heterocycles. The molecule has 3 aromatic carbocycles. The Balaban J connectivity index is 1.41. The van der Waals surface area contributed by atoms with Crippen molar-refractivity contribution in [3.8, 4) is 34.3 Å². The van der Waals surface area contributed by atoms with Gasteiger partial charge in [0, 0.05) is 38.2 Å². The van der Waals surface area contributed by atoms with Gasteiger partial charge in [-0.25, -0.2) is 0 Å². The standard InChI is InChI=1S/C31H29NO3S/c1-3-22-7-16-27-28(21-22)36-31(24-10-12-25(34-2)13-11-24)29(27)30(33)23-8-14-26(15-9-23)35-20-19-32-17-5-4-6-18-32/h1,7-16,21H,4-6,17-20H2,2H3. The maximum atomic E-state index is 13.8. The molecule has 4 aromatic rings. The number of fused-ring (bicyclic) bond motifs is 1. The molecular formula is C31H29NO3S. The molecule has 5 rings (SSSR count). The van der Waals surface area contributed by atoms with E-state index in [1.807, 2.05) is 66.7 Å². The van der Waals surface area contributed by atoms with Crippen molar-refractivity contribution in [1.82, 2.24) is 4.90 Å². The van der Waals surface area contributed by atoms with E-state index < -0.39 is 0 Å². The fraction of sp³-hybridized carbons (Fsp3) is 0.258. The van der Waals surface area contributed by atoms with Crippen LogP contribution in [0.1, 0.15) is 40.7 Å². The molecule has 1 aliphatic heterocycles. The Morgan fingerprint density at radius 1 is 0.972 bits per heavy atom. The van der Waals surface area contributed by atoms with E-state index in [9.17, 15) is 4.79 Å². The lowest BCUT2D eigenvalue weighted by molar-refractivity contribution is 0.104. The number of rotatable bonds is 8. The highest BCUT2D eigenvalue weighted by Gasteiger charge is 2.22. The second kappa shape index (κ2) is 11.0. The number of likely N-dealkylation sites (tertiary alicyclic amines) is 1. The van der Waals surface area contributed by atoms with Crippen LogP contribution in [-0.2, 0) is 0 Å². The Kier molecular flexibility index (Phi) is 7.36. The third kappa shape index (κ3) is 5.16. The molecule has 4 nitrogen and oxygen atoms in total. The molecular weight excluding hydrogens is 466 g/mol. The van der Waals surface area contributed by atoms with Crippen LogP contribution in [0.4, 0.5) is 0 Å². The van der Waals surface area contributed by atoms with E-state index in [4.69, 9.17) is 15.9 Å². The number of methoxy groups -OCH3 is 1. The first-order chi connectivity index (χ1) is 17.7. The van der Waals surface area contributed by atoms with Crippen molar-refractivity contribution in [1.29, 1.82) is 0 Å². The minimum Gasteiger partial charge on any atom is -0.497 e. The summed E-state index contributed by atoms with van der Waals surface area (Å²) in [5.41, 5.74) is 3.10. The number of hydrogen-bond donors (Lipinski definition) is 0. The van der Waals surface area contributed by atoms with Crippen LogP contribution in [0.3, 0.4) is 0 Å². The van der Waals surface area contributed by atoms with Crippen LogP contribution >= 0.6 is 11.3 Å². The fourth-order valence-corrected chi connectivity index (χ4v) is 5.92. The highest BCUT2D eigenvalue weighted by Crippen LogP contribution is 2.40. The smallest absolute Gasteiger partial charge is 0.195 e. The lowest BCUT2D eigenvalue weighted by Gasteiger charge is -2.26. The summed E-state index contributed by atoms with van der Waals surface area (Å²) in [5, 5.41) is 0.914. The number of nitrogens with zero attached hydrogens (tertiary/aromatic N) is 1. The van der Waals surface area contributed by atoms with Crippen LogP contribution in [0.5, 0.6) is 11.5 Å². The molecule has 0 radical (unpaired) electrons. The first kappa shape index (κ1) is 24.1. The zero-order valence-electron chi connectivity index (χ0n) is 20.5. The van der Waals surface area contributed by atoms with Crippen LogP contribution < -0.4 is 9.47 Å². The van der Waals surface area contributed by atoms with Crippen LogP contribution in [0.15, 0.2) is 66.7 Å². The summed E-state index contributed by atoms with van der Waals surface area (Å²) in [5.74, 6) is 4.24. The summed E-state index contributed by atoms with van der Waals surface area (Å²) >= 11 is 1.58. The first-order valence-corrected chi connectivity index (χ1v) is 13.2. The normalized spacial score (nSPS) is 13.9. The predicted octanol–water partition coefficient (Wildman–Crippen LogP) is 6.65. The molecule has 0 aliphatic carbocycles. The first-order valence-electron chi connectivity index (χ1n) is 12.3. The molecule has 0 amide bonds. The summed E-state index contributed by atoms with van der Waals surface area (Å²) < 4.78 is 12.3. The van der Waals surface area contributed by atoms with E-state index in [1.165, 1.54) is 19.3 Å². The van der Waals surface area contributed by atoms with Crippen molar-refractivity contribution in [2.75, 3.05) is 33.4 Å². The van der Waals surface area contributed by atoms with Crippen molar-refractivity contribution in [3.05, 3.63) is 83.4 Å². The Labute approximate surface area is 216 Å². The van der Waals surface area contributed by atoms with Gasteiger partial charge in [-0.1, -0.05) is 18.4 Å². The molecule has 0 atom stereocenters. The average Bonchev–Trinajstić information content (AvgIpc) is 3.32. The number of carbonyl (C=O) groups excluding carboxylic acids is 1. The van der Waals surface area contributed by atoms with Gasteiger partial charge in [0.25, 0.3) is 0 Å². The molecule has 1 fully saturated rings. The van der Waals surface area contributed by atoms with Crippen molar-refractivity contribution in [2.45, 2.75) is 19.3 Å². The summed E-state index contributed by atoms with van der Waals surface area (Å²) in [4.78, 5) is 17.2. The third-order valence-electron chi connectivity index (χ3n) is 6.68. The van der Waals surface area contributed by atoms with Crippen molar-refractivity contribution < 1.29 is 14.3 Å². The average molecular weight is 496 g/mol. The van der Waals surface area contributed by atoms with Crippen LogP contribution in [0, 0.1) is 12.3 Å². The van der Waals surface area contributed by atoms with Crippen LogP contribution in [0.2, 0.25) is 0 Å². The number of thiophene rings is 1. The predicted molar refractivity (Wildman–Crippen MR) is 147 cm³/mol. The summed E-state index contributed by atoms with van der Waals surface area (Å²) in [6.45, 7) is 3.91. The van der Waals surface area contributed by atoms with Crippen molar-refractivity contribution in [3.63, 3.8) is 0 Å². The van der Waals surface area contributed by atoms with E-state index in [0.29, 0.717) is 17.7 Å². The SMILES string of the molecule is C#Cc1ccc2c(C(=O)c3ccc(OCCN4CCCCC4)cc3)c(-c3ccc(OC)cc3)sc2c1. The molecule has 2 heterocycles. The van der Waals surface area contributed by atoms with Gasteiger partial charge in [-0.15, -0.1) is 17.8 Å². The number of piperidine rings is 1. The summed E-state index contributed by atoms with van der Waals surface area (Å²) in [7, 11) is 1.64. The minimum absolute atomic E-state index is 0.0135. The van der Waals surface area contributed by atoms with Gasteiger partial charge in [0.05, 0.1) is 7.11 Å². The minimum atomic E-state index is -0.0135. The zero-order valence-corrected chi connectivity index (χ0v) is 21.3. The van der Waals surface area contributed by atoms with Crippen LogP contribution in [0.25, 0.3) is 20.5 Å². The maximum absolute atomic E-state index is 13.8. The van der Waals surface area contributed by atoms with Gasteiger partial charge in [-0.2, -0.15) is 0 Å². The number of ketones is 1. The molecule has 5 heteroatoms. The van der Waals surface area contributed by atoms with E-state index in [-0.39, 0.29) is 5.78 Å². The molecule has 1 saturated heterocycles. The summed E-state index contributed by atoms with van der Waals surface area (Å²) in [6, 6.07) is 21.1. The monoisotopic (exact) mass is 495 g/mol. The number of benzene rings is 3. The molecule has 0 N–H and O–H groups in total. The van der Waals surface area contributed by atoms with Crippen molar-refractivity contribution in [2.24, 2.45) is 0 Å². The number of ether oxygens (including phenoxy) is 2. The van der Waals surface area contributed by atoms with Gasteiger partial charge in [0.15, 0.2) is 5.78 Å². The molecule has 0 spiro atoms. The molecule has 0 unspecified atom stereocenters. The maximum Gasteiger partial charge on any atom is 0.195 e. The highest BCUT2D eigenvalue weighted by molar-refractivity contribution is 7.22. The lowest BCUT2D eigenvalue weighted by atomic mass is 9.97. The quantitative estimate of drug-likeness (QED) is 0.203. The van der Waals surface area contributed by atoms with E-state index in [2.05, 4.69) is 10.8 Å². The topological polar surface area (TPSA) is 38.8 Å². The van der Waals surface area contributed by atoms with Gasteiger partial charge < -0.3 is 9.47 Å². The molecule has 0 saturated carbocycles. The van der Waals surface area contributed by atoms with Gasteiger partial charge in [0.1, 0.15) is 18.1 Å². The van der Waals surface area contributed by atoms with Gasteiger partial charge in [-0.05, 0) is 92.2 Å².